The second-order valence-corrected chi connectivity index (χ2v) is 7.60. The number of hydrogen-bond donors (Lipinski definition) is 3. The molecule has 0 saturated carbocycles. The van der Waals surface area contributed by atoms with Crippen LogP contribution in [0, 0.1) is 11.2 Å². The van der Waals surface area contributed by atoms with Crippen molar-refractivity contribution >= 4 is 6.47 Å². The fourth-order valence-corrected chi connectivity index (χ4v) is 3.97. The Kier molecular flexibility index (Phi) is 8.55. The average molecular weight is 443 g/mol. The molecular formula is C22H25F4NO4. The van der Waals surface area contributed by atoms with Crippen molar-refractivity contribution in [3.8, 4) is 0 Å². The van der Waals surface area contributed by atoms with Crippen LogP contribution in [0.1, 0.15) is 23.1 Å². The molecule has 1 aliphatic heterocycles. The summed E-state index contributed by atoms with van der Waals surface area (Å²) < 4.78 is 53.4. The SMILES string of the molecule is O=CO.OC[C@]1(Cc2ccccc2)CN(Cc2cc(F)ccc2C(F)(F)F)CC[C@H]1O. The van der Waals surface area contributed by atoms with Crippen LogP contribution in [-0.2, 0) is 23.9 Å². The molecule has 3 N–H and O–H groups in total. The van der Waals surface area contributed by atoms with Crippen molar-refractivity contribution in [3.63, 3.8) is 0 Å². The molecule has 0 amide bonds. The molecule has 1 aliphatic rings. The highest BCUT2D eigenvalue weighted by atomic mass is 19.4. The maximum absolute atomic E-state index is 13.6. The molecule has 0 radical (unpaired) electrons. The Balaban J connectivity index is 0.00000107. The summed E-state index contributed by atoms with van der Waals surface area (Å²) >= 11 is 0. The average Bonchev–Trinajstić information content (AvgIpc) is 2.71. The highest BCUT2D eigenvalue weighted by Gasteiger charge is 2.43. The smallest absolute Gasteiger partial charge is 0.416 e. The summed E-state index contributed by atoms with van der Waals surface area (Å²) in [6.07, 6.45) is -4.62. The number of nitrogens with zero attached hydrogens (tertiary/aromatic N) is 1. The van der Waals surface area contributed by atoms with Crippen LogP contribution >= 0.6 is 0 Å². The lowest BCUT2D eigenvalue weighted by Gasteiger charge is -2.45. The fraction of sp³-hybridized carbons (Fsp3) is 0.409. The van der Waals surface area contributed by atoms with Crippen LogP contribution in [0.15, 0.2) is 48.5 Å². The number of carbonyl (C=O) groups is 1. The van der Waals surface area contributed by atoms with Gasteiger partial charge in [0.15, 0.2) is 0 Å². The molecule has 2 aromatic carbocycles. The first-order chi connectivity index (χ1) is 14.6. The molecule has 0 unspecified atom stereocenters. The van der Waals surface area contributed by atoms with Gasteiger partial charge in [0.1, 0.15) is 5.82 Å². The van der Waals surface area contributed by atoms with Crippen molar-refractivity contribution in [1.29, 1.82) is 0 Å². The van der Waals surface area contributed by atoms with Crippen LogP contribution in [-0.4, -0.2) is 52.5 Å². The highest BCUT2D eigenvalue weighted by Crippen LogP contribution is 2.37. The molecule has 0 spiro atoms. The third kappa shape index (κ3) is 6.49. The van der Waals surface area contributed by atoms with E-state index in [1.165, 1.54) is 0 Å². The first-order valence-corrected chi connectivity index (χ1v) is 9.64. The Morgan fingerprint density at radius 2 is 1.81 bits per heavy atom. The molecule has 0 aliphatic carbocycles. The van der Waals surface area contributed by atoms with Crippen LogP contribution in [0.4, 0.5) is 17.6 Å². The van der Waals surface area contributed by atoms with Gasteiger partial charge in [-0.3, -0.25) is 9.69 Å². The number of carboxylic acid groups (broad SMARTS) is 1. The maximum atomic E-state index is 13.6. The Morgan fingerprint density at radius 1 is 1.16 bits per heavy atom. The summed E-state index contributed by atoms with van der Waals surface area (Å²) in [6.45, 7) is -0.0659. The lowest BCUT2D eigenvalue weighted by Crippen LogP contribution is -2.54. The van der Waals surface area contributed by atoms with Gasteiger partial charge >= 0.3 is 6.18 Å². The van der Waals surface area contributed by atoms with E-state index in [2.05, 4.69) is 0 Å². The molecule has 1 saturated heterocycles. The zero-order valence-electron chi connectivity index (χ0n) is 16.7. The Labute approximate surface area is 177 Å². The van der Waals surface area contributed by atoms with Gasteiger partial charge in [-0.25, -0.2) is 4.39 Å². The van der Waals surface area contributed by atoms with Gasteiger partial charge in [0.25, 0.3) is 6.47 Å². The molecule has 2 aromatic rings. The summed E-state index contributed by atoms with van der Waals surface area (Å²) in [5, 5.41) is 27.5. The third-order valence-electron chi connectivity index (χ3n) is 5.44. The number of likely N-dealkylation sites (tertiary alicyclic amines) is 1. The molecule has 170 valence electrons. The lowest BCUT2D eigenvalue weighted by atomic mass is 9.73. The normalized spacial score (nSPS) is 21.8. The van der Waals surface area contributed by atoms with Gasteiger partial charge in [0.05, 0.1) is 18.3 Å². The van der Waals surface area contributed by atoms with E-state index in [-0.39, 0.29) is 31.7 Å². The van der Waals surface area contributed by atoms with Crippen LogP contribution in [0.25, 0.3) is 0 Å². The topological polar surface area (TPSA) is 81.0 Å². The van der Waals surface area contributed by atoms with Crippen molar-refractivity contribution in [2.24, 2.45) is 5.41 Å². The van der Waals surface area contributed by atoms with Crippen LogP contribution in [0.5, 0.6) is 0 Å². The molecule has 31 heavy (non-hydrogen) atoms. The summed E-state index contributed by atoms with van der Waals surface area (Å²) in [5.41, 5.74) is -0.960. The molecule has 9 heteroatoms. The standard InChI is InChI=1S/C21H23F4NO2.CH2O2/c22-17-6-7-18(21(23,24)25)16(10-17)12-26-9-8-19(28)20(13-26,14-27)11-15-4-2-1-3-5-15;2-1-3/h1-7,10,19,27-28H,8-9,11-14H2;1H,(H,2,3)/t19-,20+;/m1./s1. The second-order valence-electron chi connectivity index (χ2n) is 7.60. The van der Waals surface area contributed by atoms with Crippen molar-refractivity contribution < 1.29 is 37.7 Å². The molecular weight excluding hydrogens is 418 g/mol. The highest BCUT2D eigenvalue weighted by molar-refractivity contribution is 5.32. The fourth-order valence-electron chi connectivity index (χ4n) is 3.97. The van der Waals surface area contributed by atoms with E-state index in [0.717, 1.165) is 23.8 Å². The number of hydrogen-bond acceptors (Lipinski definition) is 4. The van der Waals surface area contributed by atoms with E-state index >= 15 is 0 Å². The van der Waals surface area contributed by atoms with Gasteiger partial charge in [-0.1, -0.05) is 30.3 Å². The summed E-state index contributed by atoms with van der Waals surface area (Å²) in [5.74, 6) is -0.724. The van der Waals surface area contributed by atoms with E-state index in [9.17, 15) is 27.8 Å². The quantitative estimate of drug-likeness (QED) is 0.488. The van der Waals surface area contributed by atoms with E-state index in [4.69, 9.17) is 9.90 Å². The first kappa shape index (κ1) is 24.8. The molecule has 3 rings (SSSR count). The molecule has 0 bridgehead atoms. The molecule has 1 fully saturated rings. The number of rotatable bonds is 5. The summed E-state index contributed by atoms with van der Waals surface area (Å²) in [7, 11) is 0. The summed E-state index contributed by atoms with van der Waals surface area (Å²) in [6, 6.07) is 11.8. The van der Waals surface area contributed by atoms with Crippen LogP contribution in [0.2, 0.25) is 0 Å². The zero-order valence-corrected chi connectivity index (χ0v) is 16.7. The third-order valence-corrected chi connectivity index (χ3v) is 5.44. The lowest BCUT2D eigenvalue weighted by molar-refractivity contribution is -0.138. The van der Waals surface area contributed by atoms with Crippen molar-refractivity contribution in [1.82, 2.24) is 4.90 Å². The Hall–Kier alpha value is -2.49. The molecule has 0 aromatic heterocycles. The maximum Gasteiger partial charge on any atom is 0.416 e. The van der Waals surface area contributed by atoms with Gasteiger partial charge in [-0.2, -0.15) is 13.2 Å². The van der Waals surface area contributed by atoms with Gasteiger partial charge in [0, 0.05) is 25.0 Å². The monoisotopic (exact) mass is 443 g/mol. The summed E-state index contributed by atoms with van der Waals surface area (Å²) in [4.78, 5) is 10.1. The predicted octanol–water partition coefficient (Wildman–Crippen LogP) is 3.33. The van der Waals surface area contributed by atoms with Gasteiger partial charge in [0.2, 0.25) is 0 Å². The number of piperidine rings is 1. The minimum Gasteiger partial charge on any atom is -0.483 e. The number of halogens is 4. The van der Waals surface area contributed by atoms with E-state index in [1.807, 2.05) is 30.3 Å². The minimum atomic E-state index is -4.57. The Morgan fingerprint density at radius 3 is 2.39 bits per heavy atom. The van der Waals surface area contributed by atoms with Crippen LogP contribution in [0.3, 0.4) is 0 Å². The van der Waals surface area contributed by atoms with Crippen LogP contribution < -0.4 is 0 Å². The number of benzene rings is 2. The number of alkyl halides is 3. The minimum absolute atomic E-state index is 0.101. The predicted molar refractivity (Wildman–Crippen MR) is 106 cm³/mol. The zero-order chi connectivity index (χ0) is 23.1. The van der Waals surface area contributed by atoms with Gasteiger partial charge in [-0.15, -0.1) is 0 Å². The van der Waals surface area contributed by atoms with Gasteiger partial charge in [-0.05, 0) is 42.2 Å². The number of aliphatic hydroxyl groups excluding tert-OH is 2. The van der Waals surface area contributed by atoms with Gasteiger partial charge < -0.3 is 15.3 Å². The van der Waals surface area contributed by atoms with Crippen molar-refractivity contribution in [3.05, 3.63) is 71.0 Å². The van der Waals surface area contributed by atoms with E-state index in [1.54, 1.807) is 4.90 Å². The first-order valence-electron chi connectivity index (χ1n) is 9.64. The van der Waals surface area contributed by atoms with Crippen molar-refractivity contribution in [2.45, 2.75) is 31.7 Å². The molecule has 1 heterocycles. The molecule has 5 nitrogen and oxygen atoms in total. The number of aliphatic hydroxyl groups is 2. The van der Waals surface area contributed by atoms with E-state index in [0.29, 0.717) is 19.4 Å². The van der Waals surface area contributed by atoms with Crippen molar-refractivity contribution in [2.75, 3.05) is 19.7 Å². The largest absolute Gasteiger partial charge is 0.483 e. The van der Waals surface area contributed by atoms with E-state index < -0.39 is 29.1 Å². The molecule has 2 atom stereocenters. The second kappa shape index (κ2) is 10.7. The Bertz CT molecular complexity index is 847.